The molecule has 27 heavy (non-hydrogen) atoms. The van der Waals surface area contributed by atoms with E-state index in [1.807, 2.05) is 31.2 Å². The first-order valence-corrected chi connectivity index (χ1v) is 8.92. The highest BCUT2D eigenvalue weighted by Crippen LogP contribution is 2.30. The number of amides is 1. The predicted molar refractivity (Wildman–Crippen MR) is 101 cm³/mol. The van der Waals surface area contributed by atoms with E-state index >= 15 is 0 Å². The second-order valence-electron chi connectivity index (χ2n) is 6.65. The monoisotopic (exact) mass is 367 g/mol. The summed E-state index contributed by atoms with van der Waals surface area (Å²) in [7, 11) is 1.61. The number of ether oxygens (including phenoxy) is 1. The summed E-state index contributed by atoms with van der Waals surface area (Å²) in [5.41, 5.74) is 1.96. The Bertz CT molecular complexity index is 971. The number of methoxy groups -OCH3 is 1. The number of benzene rings is 1. The van der Waals surface area contributed by atoms with Crippen LogP contribution >= 0.6 is 0 Å². The number of nitrogens with one attached hydrogen (secondary N) is 1. The van der Waals surface area contributed by atoms with Gasteiger partial charge in [0.15, 0.2) is 0 Å². The quantitative estimate of drug-likeness (QED) is 0.758. The van der Waals surface area contributed by atoms with E-state index in [1.54, 1.807) is 7.11 Å². The zero-order valence-electron chi connectivity index (χ0n) is 15.3. The molecular weight excluding hydrogens is 346 g/mol. The van der Waals surface area contributed by atoms with E-state index in [4.69, 9.17) is 9.26 Å². The van der Waals surface area contributed by atoms with E-state index < -0.39 is 0 Å². The molecule has 0 saturated carbocycles. The van der Waals surface area contributed by atoms with Gasteiger partial charge in [-0.1, -0.05) is 11.2 Å². The van der Waals surface area contributed by atoms with Gasteiger partial charge in [-0.15, -0.1) is 0 Å². The van der Waals surface area contributed by atoms with Gasteiger partial charge in [-0.05, 0) is 31.9 Å². The van der Waals surface area contributed by atoms with Crippen molar-refractivity contribution in [2.75, 3.05) is 30.4 Å². The van der Waals surface area contributed by atoms with E-state index in [0.717, 1.165) is 42.0 Å². The Kier molecular flexibility index (Phi) is 4.62. The summed E-state index contributed by atoms with van der Waals surface area (Å²) in [5.74, 6) is 1.36. The van der Waals surface area contributed by atoms with Gasteiger partial charge >= 0.3 is 0 Å². The first-order valence-electron chi connectivity index (χ1n) is 8.92. The standard InChI is InChI=1S/C19H21N5O3/c1-12-16-17(20-11-21-19(16)27-23-12)24-8-4-5-13(10-24)18(25)22-14-6-3-7-15(9-14)26-2/h3,6-7,9,11,13H,4-5,8,10H2,1-2H3,(H,22,25). The summed E-state index contributed by atoms with van der Waals surface area (Å²) in [6, 6.07) is 7.37. The van der Waals surface area contributed by atoms with Gasteiger partial charge in [0, 0.05) is 24.8 Å². The molecule has 0 aliphatic carbocycles. The molecule has 8 nitrogen and oxygen atoms in total. The molecule has 1 aliphatic heterocycles. The number of fused-ring (bicyclic) bond motifs is 1. The van der Waals surface area contributed by atoms with Crippen molar-refractivity contribution in [1.29, 1.82) is 0 Å². The van der Waals surface area contributed by atoms with Crippen LogP contribution in [0.3, 0.4) is 0 Å². The molecule has 1 fully saturated rings. The maximum Gasteiger partial charge on any atom is 0.263 e. The Morgan fingerprint density at radius 1 is 1.37 bits per heavy atom. The van der Waals surface area contributed by atoms with Crippen molar-refractivity contribution in [3.63, 3.8) is 0 Å². The van der Waals surface area contributed by atoms with E-state index in [9.17, 15) is 4.79 Å². The minimum Gasteiger partial charge on any atom is -0.497 e. The molecule has 140 valence electrons. The minimum atomic E-state index is -0.130. The number of hydrogen-bond acceptors (Lipinski definition) is 7. The summed E-state index contributed by atoms with van der Waals surface area (Å²) in [6.07, 6.45) is 3.22. The molecule has 3 aromatic rings. The maximum atomic E-state index is 12.8. The fourth-order valence-corrected chi connectivity index (χ4v) is 3.47. The molecular formula is C19H21N5O3. The van der Waals surface area contributed by atoms with Gasteiger partial charge in [-0.25, -0.2) is 4.98 Å². The Morgan fingerprint density at radius 3 is 3.11 bits per heavy atom. The number of rotatable bonds is 4. The van der Waals surface area contributed by atoms with Crippen LogP contribution in [-0.2, 0) is 4.79 Å². The van der Waals surface area contributed by atoms with Gasteiger partial charge in [0.05, 0.1) is 18.7 Å². The first kappa shape index (κ1) is 17.3. The highest BCUT2D eigenvalue weighted by atomic mass is 16.5. The van der Waals surface area contributed by atoms with Crippen molar-refractivity contribution in [2.45, 2.75) is 19.8 Å². The minimum absolute atomic E-state index is 0.000272. The van der Waals surface area contributed by atoms with Gasteiger partial charge < -0.3 is 19.5 Å². The highest BCUT2D eigenvalue weighted by molar-refractivity contribution is 5.94. The Labute approximate surface area is 156 Å². The number of hydrogen-bond donors (Lipinski definition) is 1. The molecule has 0 radical (unpaired) electrons. The van der Waals surface area contributed by atoms with E-state index in [2.05, 4.69) is 25.3 Å². The average molecular weight is 367 g/mol. The SMILES string of the molecule is COc1cccc(NC(=O)C2CCCN(c3ncnc4onc(C)c34)C2)c1. The molecule has 1 aliphatic rings. The molecule has 4 rings (SSSR count). The lowest BCUT2D eigenvalue weighted by atomic mass is 9.96. The van der Waals surface area contributed by atoms with Crippen LogP contribution in [0.1, 0.15) is 18.5 Å². The molecule has 1 saturated heterocycles. The molecule has 0 bridgehead atoms. The molecule has 0 spiro atoms. The molecule has 2 aromatic heterocycles. The fraction of sp³-hybridized carbons (Fsp3) is 0.368. The van der Waals surface area contributed by atoms with Crippen LogP contribution in [0, 0.1) is 12.8 Å². The summed E-state index contributed by atoms with van der Waals surface area (Å²) < 4.78 is 10.4. The van der Waals surface area contributed by atoms with Crippen molar-refractivity contribution in [2.24, 2.45) is 5.92 Å². The molecule has 1 unspecified atom stereocenters. The third-order valence-electron chi connectivity index (χ3n) is 4.85. The zero-order chi connectivity index (χ0) is 18.8. The largest absolute Gasteiger partial charge is 0.497 e. The topological polar surface area (TPSA) is 93.4 Å². The lowest BCUT2D eigenvalue weighted by Crippen LogP contribution is -2.41. The van der Waals surface area contributed by atoms with Gasteiger partial charge in [0.2, 0.25) is 5.91 Å². The average Bonchev–Trinajstić information content (AvgIpc) is 3.09. The van der Waals surface area contributed by atoms with Gasteiger partial charge in [-0.3, -0.25) is 4.79 Å². The van der Waals surface area contributed by atoms with Gasteiger partial charge in [0.1, 0.15) is 23.3 Å². The normalized spacial score (nSPS) is 17.1. The summed E-state index contributed by atoms with van der Waals surface area (Å²) in [4.78, 5) is 23.5. The van der Waals surface area contributed by atoms with E-state index in [-0.39, 0.29) is 11.8 Å². The first-order chi connectivity index (χ1) is 13.2. The van der Waals surface area contributed by atoms with Crippen LogP contribution in [-0.4, -0.2) is 41.2 Å². The Morgan fingerprint density at radius 2 is 2.26 bits per heavy atom. The second kappa shape index (κ2) is 7.22. The highest BCUT2D eigenvalue weighted by Gasteiger charge is 2.28. The molecule has 3 heterocycles. The predicted octanol–water partition coefficient (Wildman–Crippen LogP) is 2.79. The third-order valence-corrected chi connectivity index (χ3v) is 4.85. The van der Waals surface area contributed by atoms with Crippen LogP contribution < -0.4 is 15.0 Å². The molecule has 8 heteroatoms. The van der Waals surface area contributed by atoms with Gasteiger partial charge in [0.25, 0.3) is 5.71 Å². The fourth-order valence-electron chi connectivity index (χ4n) is 3.47. The summed E-state index contributed by atoms with van der Waals surface area (Å²) >= 11 is 0. The third kappa shape index (κ3) is 3.42. The second-order valence-corrected chi connectivity index (χ2v) is 6.65. The molecule has 1 amide bonds. The van der Waals surface area contributed by atoms with E-state index in [1.165, 1.54) is 6.33 Å². The van der Waals surface area contributed by atoms with Crippen molar-refractivity contribution in [3.05, 3.63) is 36.3 Å². The van der Waals surface area contributed by atoms with Crippen LogP contribution in [0.4, 0.5) is 11.5 Å². The molecule has 1 aromatic carbocycles. The summed E-state index contributed by atoms with van der Waals surface area (Å²) in [6.45, 7) is 3.29. The number of aryl methyl sites for hydroxylation is 1. The van der Waals surface area contributed by atoms with Crippen molar-refractivity contribution in [3.8, 4) is 5.75 Å². The van der Waals surface area contributed by atoms with Crippen molar-refractivity contribution < 1.29 is 14.1 Å². The van der Waals surface area contributed by atoms with E-state index in [0.29, 0.717) is 18.0 Å². The number of carbonyl (C=O) groups is 1. The number of anilines is 2. The number of aromatic nitrogens is 3. The van der Waals surface area contributed by atoms with Crippen LogP contribution in [0.25, 0.3) is 11.1 Å². The van der Waals surface area contributed by atoms with Crippen molar-refractivity contribution >= 4 is 28.5 Å². The lowest BCUT2D eigenvalue weighted by molar-refractivity contribution is -0.120. The van der Waals surface area contributed by atoms with Gasteiger partial charge in [-0.2, -0.15) is 4.98 Å². The lowest BCUT2D eigenvalue weighted by Gasteiger charge is -2.33. The molecule has 1 N–H and O–H groups in total. The summed E-state index contributed by atoms with van der Waals surface area (Å²) in [5, 5.41) is 7.79. The van der Waals surface area contributed by atoms with Crippen LogP contribution in [0.5, 0.6) is 5.75 Å². The van der Waals surface area contributed by atoms with Crippen LogP contribution in [0.15, 0.2) is 35.1 Å². The smallest absolute Gasteiger partial charge is 0.263 e. The van der Waals surface area contributed by atoms with Crippen LogP contribution in [0.2, 0.25) is 0 Å². The number of carbonyl (C=O) groups excluding carboxylic acids is 1. The number of piperidine rings is 1. The molecule has 1 atom stereocenters. The number of nitrogens with zero attached hydrogens (tertiary/aromatic N) is 4. The Balaban J connectivity index is 1.52. The Hall–Kier alpha value is -3.16. The van der Waals surface area contributed by atoms with Crippen molar-refractivity contribution in [1.82, 2.24) is 15.1 Å². The zero-order valence-corrected chi connectivity index (χ0v) is 15.3. The maximum absolute atomic E-state index is 12.8.